The predicted molar refractivity (Wildman–Crippen MR) is 91.3 cm³/mol. The molecule has 3 rings (SSSR count). The van der Waals surface area contributed by atoms with Crippen molar-refractivity contribution in [3.63, 3.8) is 0 Å². The van der Waals surface area contributed by atoms with Gasteiger partial charge in [-0.05, 0) is 50.1 Å². The number of fused-ring (bicyclic) bond motifs is 1. The lowest BCUT2D eigenvalue weighted by atomic mass is 10.1. The van der Waals surface area contributed by atoms with Crippen molar-refractivity contribution in [3.8, 4) is 0 Å². The van der Waals surface area contributed by atoms with Gasteiger partial charge in [0, 0.05) is 12.6 Å². The van der Waals surface area contributed by atoms with Crippen molar-refractivity contribution in [3.05, 3.63) is 63.5 Å². The molecule has 0 saturated heterocycles. The highest BCUT2D eigenvalue weighted by atomic mass is 32.1. The monoisotopic (exact) mass is 310 g/mol. The smallest absolute Gasteiger partial charge is 0.279 e. The summed E-state index contributed by atoms with van der Waals surface area (Å²) in [5.74, 6) is -0.194. The maximum atomic E-state index is 12.4. The predicted octanol–water partition coefficient (Wildman–Crippen LogP) is 3.91. The third kappa shape index (κ3) is 2.50. The van der Waals surface area contributed by atoms with E-state index in [9.17, 15) is 4.79 Å². The molecular formula is C18H18N2OS. The molecule has 0 atom stereocenters. The molecule has 0 fully saturated rings. The van der Waals surface area contributed by atoms with Crippen LogP contribution in [0.5, 0.6) is 0 Å². The first-order valence-corrected chi connectivity index (χ1v) is 8.00. The summed E-state index contributed by atoms with van der Waals surface area (Å²) in [6, 6.07) is 11.7. The minimum atomic E-state index is -0.194. The second-order valence-electron chi connectivity index (χ2n) is 5.58. The lowest BCUT2D eigenvalue weighted by Gasteiger charge is -2.03. The van der Waals surface area contributed by atoms with E-state index in [1.165, 1.54) is 11.1 Å². The number of benzene rings is 2. The Labute approximate surface area is 133 Å². The van der Waals surface area contributed by atoms with Crippen molar-refractivity contribution in [1.29, 1.82) is 0 Å². The summed E-state index contributed by atoms with van der Waals surface area (Å²) in [4.78, 5) is 17.4. The normalized spacial score (nSPS) is 12.1. The van der Waals surface area contributed by atoms with Crippen LogP contribution in [-0.2, 0) is 7.05 Å². The molecule has 1 heterocycles. The van der Waals surface area contributed by atoms with E-state index in [-0.39, 0.29) is 5.91 Å². The van der Waals surface area contributed by atoms with Gasteiger partial charge in [0.05, 0.1) is 10.2 Å². The second-order valence-corrected chi connectivity index (χ2v) is 6.59. The summed E-state index contributed by atoms with van der Waals surface area (Å²) in [7, 11) is 1.97. The number of carbonyl (C=O) groups is 1. The Kier molecular flexibility index (Phi) is 3.71. The minimum Gasteiger partial charge on any atom is -0.319 e. The van der Waals surface area contributed by atoms with Crippen LogP contribution < -0.4 is 4.80 Å². The molecule has 4 heteroatoms. The quantitative estimate of drug-likeness (QED) is 0.671. The lowest BCUT2D eigenvalue weighted by molar-refractivity contribution is 0.0998. The van der Waals surface area contributed by atoms with E-state index in [4.69, 9.17) is 0 Å². The number of hydrogen-bond donors (Lipinski definition) is 0. The maximum Gasteiger partial charge on any atom is 0.279 e. The number of hydrogen-bond acceptors (Lipinski definition) is 2. The van der Waals surface area contributed by atoms with Crippen molar-refractivity contribution < 1.29 is 4.79 Å². The number of thiazole rings is 1. The third-order valence-electron chi connectivity index (χ3n) is 3.95. The molecule has 1 amide bonds. The summed E-state index contributed by atoms with van der Waals surface area (Å²) in [5, 5.41) is 0. The van der Waals surface area contributed by atoms with Crippen molar-refractivity contribution in [2.24, 2.45) is 12.0 Å². The maximum absolute atomic E-state index is 12.4. The Bertz CT molecular complexity index is 947. The molecule has 22 heavy (non-hydrogen) atoms. The Morgan fingerprint density at radius 2 is 1.91 bits per heavy atom. The number of amides is 1. The van der Waals surface area contributed by atoms with E-state index in [1.807, 2.05) is 42.8 Å². The Balaban J connectivity index is 2.16. The molecule has 0 aliphatic heterocycles. The Morgan fingerprint density at radius 3 is 2.64 bits per heavy atom. The van der Waals surface area contributed by atoms with E-state index < -0.39 is 0 Å². The highest BCUT2D eigenvalue weighted by Crippen LogP contribution is 2.23. The van der Waals surface area contributed by atoms with Crippen LogP contribution >= 0.6 is 11.3 Å². The average molecular weight is 310 g/mol. The fourth-order valence-electron chi connectivity index (χ4n) is 2.57. The number of carbonyl (C=O) groups excluding carboxylic acids is 1. The number of rotatable bonds is 1. The Hall–Kier alpha value is -2.20. The number of aromatic nitrogens is 1. The van der Waals surface area contributed by atoms with E-state index in [0.717, 1.165) is 20.6 Å². The molecule has 0 bridgehead atoms. The van der Waals surface area contributed by atoms with Gasteiger partial charge in [-0.15, -0.1) is 0 Å². The molecule has 112 valence electrons. The molecule has 0 saturated carbocycles. The van der Waals surface area contributed by atoms with Gasteiger partial charge in [0.2, 0.25) is 0 Å². The highest BCUT2D eigenvalue weighted by molar-refractivity contribution is 7.16. The van der Waals surface area contributed by atoms with Gasteiger partial charge >= 0.3 is 0 Å². The first kappa shape index (κ1) is 14.7. The van der Waals surface area contributed by atoms with Gasteiger partial charge < -0.3 is 4.57 Å². The molecule has 1 aromatic heterocycles. The minimum absolute atomic E-state index is 0.194. The van der Waals surface area contributed by atoms with E-state index >= 15 is 0 Å². The molecular weight excluding hydrogens is 292 g/mol. The summed E-state index contributed by atoms with van der Waals surface area (Å²) in [6.45, 7) is 6.18. The molecule has 0 spiro atoms. The van der Waals surface area contributed by atoms with E-state index in [2.05, 4.69) is 31.0 Å². The van der Waals surface area contributed by atoms with Crippen molar-refractivity contribution in [1.82, 2.24) is 4.57 Å². The van der Waals surface area contributed by atoms with Crippen molar-refractivity contribution in [2.45, 2.75) is 20.8 Å². The first-order chi connectivity index (χ1) is 10.5. The van der Waals surface area contributed by atoms with Crippen LogP contribution in [0.15, 0.2) is 41.4 Å². The van der Waals surface area contributed by atoms with E-state index in [0.29, 0.717) is 5.56 Å². The topological polar surface area (TPSA) is 34.4 Å². The summed E-state index contributed by atoms with van der Waals surface area (Å²) >= 11 is 1.55. The van der Waals surface area contributed by atoms with Gasteiger partial charge in [-0.1, -0.05) is 35.1 Å². The first-order valence-electron chi connectivity index (χ1n) is 7.19. The molecule has 0 radical (unpaired) electrons. The van der Waals surface area contributed by atoms with Crippen LogP contribution in [0.4, 0.5) is 0 Å². The molecule has 0 unspecified atom stereocenters. The van der Waals surface area contributed by atoms with Gasteiger partial charge in [-0.3, -0.25) is 4.79 Å². The van der Waals surface area contributed by atoms with Crippen LogP contribution in [-0.4, -0.2) is 10.5 Å². The van der Waals surface area contributed by atoms with Crippen LogP contribution in [0, 0.1) is 20.8 Å². The Morgan fingerprint density at radius 1 is 1.14 bits per heavy atom. The molecule has 3 nitrogen and oxygen atoms in total. The van der Waals surface area contributed by atoms with Crippen molar-refractivity contribution in [2.75, 3.05) is 0 Å². The molecule has 0 aliphatic carbocycles. The summed E-state index contributed by atoms with van der Waals surface area (Å²) in [5.41, 5.74) is 5.33. The zero-order valence-corrected chi connectivity index (χ0v) is 14.0. The van der Waals surface area contributed by atoms with Crippen LogP contribution in [0.1, 0.15) is 27.0 Å². The largest absolute Gasteiger partial charge is 0.319 e. The summed E-state index contributed by atoms with van der Waals surface area (Å²) < 4.78 is 3.16. The van der Waals surface area contributed by atoms with Crippen molar-refractivity contribution >= 4 is 27.5 Å². The van der Waals surface area contributed by atoms with Gasteiger partial charge in [0.1, 0.15) is 0 Å². The van der Waals surface area contributed by atoms with E-state index in [1.54, 1.807) is 11.3 Å². The summed E-state index contributed by atoms with van der Waals surface area (Å²) in [6.07, 6.45) is 0. The van der Waals surface area contributed by atoms with Crippen LogP contribution in [0.2, 0.25) is 0 Å². The lowest BCUT2D eigenvalue weighted by Crippen LogP contribution is -2.13. The zero-order chi connectivity index (χ0) is 15.9. The molecule has 0 N–H and O–H groups in total. The molecule has 2 aromatic carbocycles. The third-order valence-corrected chi connectivity index (χ3v) is 5.05. The SMILES string of the molecule is Cc1cccc(C(=O)N=c2sc3ccc(C)c(C)c3n2C)c1. The fourth-order valence-corrected chi connectivity index (χ4v) is 3.64. The number of aryl methyl sites for hydroxylation is 4. The zero-order valence-electron chi connectivity index (χ0n) is 13.2. The average Bonchev–Trinajstić information content (AvgIpc) is 2.80. The van der Waals surface area contributed by atoms with Crippen LogP contribution in [0.3, 0.4) is 0 Å². The standard InChI is InChI=1S/C18H18N2OS/c1-11-6-5-7-14(10-11)17(21)19-18-20(4)16-13(3)12(2)8-9-15(16)22-18/h5-10H,1-4H3. The second kappa shape index (κ2) is 5.54. The van der Waals surface area contributed by atoms with Gasteiger partial charge in [0.25, 0.3) is 5.91 Å². The van der Waals surface area contributed by atoms with Crippen LogP contribution in [0.25, 0.3) is 10.2 Å². The molecule has 0 aliphatic rings. The van der Waals surface area contributed by atoms with Gasteiger partial charge in [0.15, 0.2) is 4.80 Å². The number of nitrogens with zero attached hydrogens (tertiary/aromatic N) is 2. The highest BCUT2D eigenvalue weighted by Gasteiger charge is 2.09. The van der Waals surface area contributed by atoms with Gasteiger partial charge in [-0.25, -0.2) is 0 Å². The fraction of sp³-hybridized carbons (Fsp3) is 0.222. The van der Waals surface area contributed by atoms with Gasteiger partial charge in [-0.2, -0.15) is 4.99 Å². The molecule has 3 aromatic rings.